The predicted molar refractivity (Wildman–Crippen MR) is 71.9 cm³/mol. The Morgan fingerprint density at radius 1 is 1.35 bits per heavy atom. The molecule has 2 heteroatoms. The first-order chi connectivity index (χ1) is 8.11. The first kappa shape index (κ1) is 12.8. The van der Waals surface area contributed by atoms with Crippen molar-refractivity contribution in [3.63, 3.8) is 0 Å². The number of rotatable bonds is 6. The van der Waals surface area contributed by atoms with E-state index in [9.17, 15) is 5.11 Å². The van der Waals surface area contributed by atoms with Gasteiger partial charge in [-0.3, -0.25) is 0 Å². The van der Waals surface area contributed by atoms with Gasteiger partial charge in [-0.15, -0.1) is 0 Å². The summed E-state index contributed by atoms with van der Waals surface area (Å²) < 4.78 is 0. The summed E-state index contributed by atoms with van der Waals surface area (Å²) in [6.07, 6.45) is 14.5. The standard InChI is InChI=1S/C15H25NO/c1-3-15(7-5-4-6-8-15)16-13(12-17)11-14(2)9-10-14/h4-7,13,16-17H,3,8-12H2,1-2H3/t13?,15-/m0/s1. The van der Waals surface area contributed by atoms with Crippen molar-refractivity contribution < 1.29 is 5.11 Å². The Labute approximate surface area is 105 Å². The second-order valence-electron chi connectivity index (χ2n) is 6.04. The van der Waals surface area contributed by atoms with Gasteiger partial charge in [-0.2, -0.15) is 0 Å². The van der Waals surface area contributed by atoms with Gasteiger partial charge in [0.2, 0.25) is 0 Å². The number of nitrogens with one attached hydrogen (secondary N) is 1. The van der Waals surface area contributed by atoms with Gasteiger partial charge in [-0.1, -0.05) is 38.2 Å². The molecular formula is C15H25NO. The lowest BCUT2D eigenvalue weighted by molar-refractivity contribution is 0.187. The van der Waals surface area contributed by atoms with Crippen LogP contribution in [0.1, 0.15) is 46.0 Å². The summed E-state index contributed by atoms with van der Waals surface area (Å²) in [5, 5.41) is 13.2. The highest BCUT2D eigenvalue weighted by molar-refractivity contribution is 5.21. The fourth-order valence-corrected chi connectivity index (χ4v) is 2.72. The van der Waals surface area contributed by atoms with Crippen LogP contribution in [0, 0.1) is 5.41 Å². The third-order valence-corrected chi connectivity index (χ3v) is 4.33. The Morgan fingerprint density at radius 3 is 2.59 bits per heavy atom. The van der Waals surface area contributed by atoms with E-state index in [1.807, 2.05) is 0 Å². The van der Waals surface area contributed by atoms with Crippen molar-refractivity contribution in [3.05, 3.63) is 24.3 Å². The van der Waals surface area contributed by atoms with Crippen LogP contribution in [0.3, 0.4) is 0 Å². The molecule has 0 radical (unpaired) electrons. The number of hydrogen-bond donors (Lipinski definition) is 2. The van der Waals surface area contributed by atoms with E-state index in [0.29, 0.717) is 5.41 Å². The zero-order valence-corrected chi connectivity index (χ0v) is 11.1. The molecule has 0 saturated heterocycles. The Morgan fingerprint density at radius 2 is 2.12 bits per heavy atom. The van der Waals surface area contributed by atoms with Crippen molar-refractivity contribution in [3.8, 4) is 0 Å². The van der Waals surface area contributed by atoms with Crippen LogP contribution in [-0.2, 0) is 0 Å². The second kappa shape index (κ2) is 4.95. The summed E-state index contributed by atoms with van der Waals surface area (Å²) in [5.41, 5.74) is 0.553. The number of allylic oxidation sites excluding steroid dienone is 2. The summed E-state index contributed by atoms with van der Waals surface area (Å²) in [6.45, 7) is 4.78. The van der Waals surface area contributed by atoms with Gasteiger partial charge in [0.05, 0.1) is 6.61 Å². The van der Waals surface area contributed by atoms with E-state index in [-0.39, 0.29) is 18.2 Å². The minimum absolute atomic E-state index is 0.0629. The lowest BCUT2D eigenvalue weighted by Crippen LogP contribution is -2.51. The van der Waals surface area contributed by atoms with Crippen LogP contribution >= 0.6 is 0 Å². The molecule has 1 saturated carbocycles. The molecule has 1 fully saturated rings. The average Bonchev–Trinajstić information content (AvgIpc) is 3.07. The molecule has 0 aromatic heterocycles. The minimum atomic E-state index is 0.0629. The molecule has 0 aromatic carbocycles. The maximum absolute atomic E-state index is 9.55. The summed E-state index contributed by atoms with van der Waals surface area (Å²) in [5.74, 6) is 0. The smallest absolute Gasteiger partial charge is 0.0585 e. The maximum atomic E-state index is 9.55. The molecule has 2 nitrogen and oxygen atoms in total. The maximum Gasteiger partial charge on any atom is 0.0585 e. The molecular weight excluding hydrogens is 210 g/mol. The average molecular weight is 235 g/mol. The van der Waals surface area contributed by atoms with E-state index in [4.69, 9.17) is 0 Å². The van der Waals surface area contributed by atoms with E-state index in [1.165, 1.54) is 12.8 Å². The topological polar surface area (TPSA) is 32.3 Å². The van der Waals surface area contributed by atoms with Crippen molar-refractivity contribution >= 4 is 0 Å². The molecule has 2 aliphatic rings. The van der Waals surface area contributed by atoms with Crippen molar-refractivity contribution in [2.75, 3.05) is 6.61 Å². The van der Waals surface area contributed by atoms with Gasteiger partial charge in [-0.05, 0) is 37.5 Å². The summed E-state index contributed by atoms with van der Waals surface area (Å²) in [4.78, 5) is 0. The zero-order chi connectivity index (χ0) is 12.4. The molecule has 0 heterocycles. The fourth-order valence-electron chi connectivity index (χ4n) is 2.72. The van der Waals surface area contributed by atoms with Gasteiger partial charge < -0.3 is 10.4 Å². The highest BCUT2D eigenvalue weighted by atomic mass is 16.3. The largest absolute Gasteiger partial charge is 0.395 e. The highest BCUT2D eigenvalue weighted by Gasteiger charge is 2.40. The van der Waals surface area contributed by atoms with E-state index >= 15 is 0 Å². The Kier molecular flexibility index (Phi) is 3.74. The van der Waals surface area contributed by atoms with E-state index in [0.717, 1.165) is 19.3 Å². The molecule has 0 spiro atoms. The van der Waals surface area contributed by atoms with Crippen LogP contribution in [-0.4, -0.2) is 23.3 Å². The van der Waals surface area contributed by atoms with Gasteiger partial charge in [0.25, 0.3) is 0 Å². The molecule has 0 bridgehead atoms. The summed E-state index contributed by atoms with van der Waals surface area (Å²) >= 11 is 0. The summed E-state index contributed by atoms with van der Waals surface area (Å²) in [6, 6.07) is 0.235. The summed E-state index contributed by atoms with van der Waals surface area (Å²) in [7, 11) is 0. The van der Waals surface area contributed by atoms with E-state index < -0.39 is 0 Å². The van der Waals surface area contributed by atoms with Crippen molar-refractivity contribution in [2.24, 2.45) is 5.41 Å². The predicted octanol–water partition coefficient (Wildman–Crippen LogP) is 2.79. The second-order valence-corrected chi connectivity index (χ2v) is 6.04. The monoisotopic (exact) mass is 235 g/mol. The minimum Gasteiger partial charge on any atom is -0.395 e. The molecule has 2 N–H and O–H groups in total. The third-order valence-electron chi connectivity index (χ3n) is 4.33. The van der Waals surface area contributed by atoms with Crippen LogP contribution < -0.4 is 5.32 Å². The van der Waals surface area contributed by atoms with Gasteiger partial charge in [-0.25, -0.2) is 0 Å². The van der Waals surface area contributed by atoms with Gasteiger partial charge in [0.1, 0.15) is 0 Å². The van der Waals surface area contributed by atoms with Gasteiger partial charge in [0.15, 0.2) is 0 Å². The molecule has 2 rings (SSSR count). The number of aliphatic hydroxyl groups is 1. The van der Waals surface area contributed by atoms with Crippen LogP contribution in [0.2, 0.25) is 0 Å². The first-order valence-electron chi connectivity index (χ1n) is 6.84. The highest BCUT2D eigenvalue weighted by Crippen LogP contribution is 2.49. The molecule has 17 heavy (non-hydrogen) atoms. The quantitative estimate of drug-likeness (QED) is 0.742. The van der Waals surface area contributed by atoms with Crippen molar-refractivity contribution in [2.45, 2.75) is 57.5 Å². The van der Waals surface area contributed by atoms with Crippen LogP contribution in [0.15, 0.2) is 24.3 Å². The van der Waals surface area contributed by atoms with Crippen molar-refractivity contribution in [1.82, 2.24) is 5.32 Å². The molecule has 0 amide bonds. The molecule has 2 atom stereocenters. The Hall–Kier alpha value is -0.600. The normalized spacial score (nSPS) is 31.5. The SMILES string of the molecule is CC[C@]1(NC(CO)CC2(C)CC2)C=CC=CC1. The van der Waals surface area contributed by atoms with Gasteiger partial charge >= 0.3 is 0 Å². The number of hydrogen-bond acceptors (Lipinski definition) is 2. The lowest BCUT2D eigenvalue weighted by Gasteiger charge is -2.36. The van der Waals surface area contributed by atoms with Crippen LogP contribution in [0.5, 0.6) is 0 Å². The molecule has 2 aliphatic carbocycles. The van der Waals surface area contributed by atoms with Crippen LogP contribution in [0.25, 0.3) is 0 Å². The Bertz CT molecular complexity index is 317. The van der Waals surface area contributed by atoms with Crippen LogP contribution in [0.4, 0.5) is 0 Å². The third kappa shape index (κ3) is 3.20. The van der Waals surface area contributed by atoms with Gasteiger partial charge in [0, 0.05) is 11.6 Å². The first-order valence-corrected chi connectivity index (χ1v) is 6.84. The fraction of sp³-hybridized carbons (Fsp3) is 0.733. The Balaban J connectivity index is 1.96. The lowest BCUT2D eigenvalue weighted by atomic mass is 9.86. The van der Waals surface area contributed by atoms with E-state index in [1.54, 1.807) is 0 Å². The van der Waals surface area contributed by atoms with Crippen molar-refractivity contribution in [1.29, 1.82) is 0 Å². The van der Waals surface area contributed by atoms with E-state index in [2.05, 4.69) is 43.5 Å². The molecule has 96 valence electrons. The molecule has 0 aromatic rings. The molecule has 0 aliphatic heterocycles. The number of aliphatic hydroxyl groups excluding tert-OH is 1. The zero-order valence-electron chi connectivity index (χ0n) is 11.1. The molecule has 1 unspecified atom stereocenters.